The molecule has 0 spiro atoms. The van der Waals surface area contributed by atoms with Gasteiger partial charge in [-0.25, -0.2) is 13.1 Å². The van der Waals surface area contributed by atoms with E-state index in [2.05, 4.69) is 4.72 Å². The van der Waals surface area contributed by atoms with Crippen LogP contribution in [0, 0.1) is 10.1 Å². The van der Waals surface area contributed by atoms with Gasteiger partial charge in [-0.3, -0.25) is 10.1 Å². The smallest absolute Gasteiger partial charge is 0.312 e. The average Bonchev–Trinajstić information content (AvgIpc) is 2.91. The van der Waals surface area contributed by atoms with Crippen LogP contribution in [0.1, 0.15) is 19.3 Å². The van der Waals surface area contributed by atoms with E-state index in [1.54, 1.807) is 0 Å². The molecule has 2 rings (SSSR count). The molecule has 8 nitrogen and oxygen atoms in total. The van der Waals surface area contributed by atoms with Crippen molar-refractivity contribution in [1.29, 1.82) is 0 Å². The molecule has 0 amide bonds. The van der Waals surface area contributed by atoms with E-state index in [4.69, 9.17) is 4.74 Å². The van der Waals surface area contributed by atoms with E-state index in [9.17, 15) is 23.6 Å². The zero-order valence-corrected chi connectivity index (χ0v) is 12.0. The number of benzene rings is 1. The number of phenols is 1. The van der Waals surface area contributed by atoms with Crippen LogP contribution in [0.5, 0.6) is 5.75 Å². The van der Waals surface area contributed by atoms with Gasteiger partial charge in [-0.05, 0) is 31.4 Å². The van der Waals surface area contributed by atoms with Crippen LogP contribution in [0.15, 0.2) is 23.1 Å². The molecular weight excluding hydrogens is 300 g/mol. The van der Waals surface area contributed by atoms with Gasteiger partial charge in [0.25, 0.3) is 0 Å². The number of nitrogens with zero attached hydrogens (tertiary/aromatic N) is 1. The fraction of sp³-hybridized carbons (Fsp3) is 0.500. The Hall–Kier alpha value is -1.71. The Balaban J connectivity index is 2.04. The third kappa shape index (κ3) is 3.90. The molecule has 0 aromatic heterocycles. The molecule has 21 heavy (non-hydrogen) atoms. The highest BCUT2D eigenvalue weighted by Crippen LogP contribution is 2.28. The standard InChI is InChI=1S/C12H16N2O6S/c15-12-4-3-10(8-11(12)14(16)17)21(18,19)13-6-5-9-2-1-7-20-9/h3-4,8-9,13,15H,1-2,5-7H2. The summed E-state index contributed by atoms with van der Waals surface area (Å²) in [6.45, 7) is 0.892. The first kappa shape index (κ1) is 15.7. The summed E-state index contributed by atoms with van der Waals surface area (Å²) in [6, 6.07) is 2.95. The topological polar surface area (TPSA) is 119 Å². The van der Waals surface area contributed by atoms with Gasteiger partial charge in [0, 0.05) is 19.2 Å². The number of nitrogens with one attached hydrogen (secondary N) is 1. The quantitative estimate of drug-likeness (QED) is 0.600. The molecule has 0 bridgehead atoms. The number of aromatic hydroxyl groups is 1. The van der Waals surface area contributed by atoms with Gasteiger partial charge in [-0.15, -0.1) is 0 Å². The van der Waals surface area contributed by atoms with Gasteiger partial charge in [0.1, 0.15) is 0 Å². The fourth-order valence-corrected chi connectivity index (χ4v) is 3.19. The molecule has 0 aliphatic carbocycles. The van der Waals surface area contributed by atoms with Crippen molar-refractivity contribution in [1.82, 2.24) is 4.72 Å². The molecule has 1 saturated heterocycles. The summed E-state index contributed by atoms with van der Waals surface area (Å²) in [5.41, 5.74) is -0.642. The lowest BCUT2D eigenvalue weighted by atomic mass is 10.2. The summed E-state index contributed by atoms with van der Waals surface area (Å²) in [6.07, 6.45) is 2.50. The molecule has 1 unspecified atom stereocenters. The molecule has 0 radical (unpaired) electrons. The maximum Gasteiger partial charge on any atom is 0.312 e. The van der Waals surface area contributed by atoms with Crippen molar-refractivity contribution >= 4 is 15.7 Å². The number of hydrogen-bond donors (Lipinski definition) is 2. The molecule has 0 saturated carbocycles. The lowest BCUT2D eigenvalue weighted by molar-refractivity contribution is -0.386. The summed E-state index contributed by atoms with van der Waals surface area (Å²) < 4.78 is 31.8. The van der Waals surface area contributed by atoms with Crippen molar-refractivity contribution in [3.8, 4) is 5.75 Å². The van der Waals surface area contributed by atoms with Crippen molar-refractivity contribution in [2.24, 2.45) is 0 Å². The SMILES string of the molecule is O=[N+]([O-])c1cc(S(=O)(=O)NCCC2CCCO2)ccc1O. The van der Waals surface area contributed by atoms with Gasteiger partial charge < -0.3 is 9.84 Å². The molecule has 2 N–H and O–H groups in total. The minimum Gasteiger partial charge on any atom is -0.502 e. The Bertz CT molecular complexity index is 625. The van der Waals surface area contributed by atoms with Gasteiger partial charge in [0.15, 0.2) is 5.75 Å². The first-order valence-corrected chi connectivity index (χ1v) is 7.97. The van der Waals surface area contributed by atoms with Crippen LogP contribution in [-0.4, -0.2) is 37.7 Å². The van der Waals surface area contributed by atoms with Crippen LogP contribution in [0.2, 0.25) is 0 Å². The van der Waals surface area contributed by atoms with E-state index in [1.807, 2.05) is 0 Å². The lowest BCUT2D eigenvalue weighted by Crippen LogP contribution is -2.27. The summed E-state index contributed by atoms with van der Waals surface area (Å²) in [5.74, 6) is -0.571. The number of sulfonamides is 1. The minimum atomic E-state index is -3.85. The molecule has 1 aliphatic rings. The highest BCUT2D eigenvalue weighted by molar-refractivity contribution is 7.89. The maximum atomic E-state index is 12.0. The summed E-state index contributed by atoms with van der Waals surface area (Å²) in [4.78, 5) is 9.62. The van der Waals surface area contributed by atoms with Gasteiger partial charge in [0.2, 0.25) is 10.0 Å². The molecule has 116 valence electrons. The molecule has 1 atom stereocenters. The number of phenolic OH excluding ortho intramolecular Hbond substituents is 1. The van der Waals surface area contributed by atoms with Gasteiger partial charge in [0.05, 0.1) is 15.9 Å². The zero-order chi connectivity index (χ0) is 15.5. The van der Waals surface area contributed by atoms with Gasteiger partial charge in [-0.1, -0.05) is 0 Å². The fourth-order valence-electron chi connectivity index (χ4n) is 2.13. The van der Waals surface area contributed by atoms with E-state index >= 15 is 0 Å². The van der Waals surface area contributed by atoms with E-state index < -0.39 is 26.4 Å². The average molecular weight is 316 g/mol. The normalized spacial score (nSPS) is 18.8. The van der Waals surface area contributed by atoms with Crippen LogP contribution in [0.3, 0.4) is 0 Å². The Morgan fingerprint density at radius 1 is 1.48 bits per heavy atom. The Morgan fingerprint density at radius 3 is 2.86 bits per heavy atom. The predicted molar refractivity (Wildman–Crippen MR) is 73.5 cm³/mol. The monoisotopic (exact) mass is 316 g/mol. The third-order valence-electron chi connectivity index (χ3n) is 3.24. The highest BCUT2D eigenvalue weighted by atomic mass is 32.2. The molecule has 1 heterocycles. The molecule has 1 fully saturated rings. The number of hydrogen-bond acceptors (Lipinski definition) is 6. The van der Waals surface area contributed by atoms with Crippen molar-refractivity contribution in [3.05, 3.63) is 28.3 Å². The minimum absolute atomic E-state index is 0.0573. The van der Waals surface area contributed by atoms with Crippen molar-refractivity contribution in [2.75, 3.05) is 13.2 Å². The van der Waals surface area contributed by atoms with Crippen LogP contribution in [0.25, 0.3) is 0 Å². The number of nitro groups is 1. The van der Waals surface area contributed by atoms with Crippen molar-refractivity contribution in [3.63, 3.8) is 0 Å². The summed E-state index contributed by atoms with van der Waals surface area (Å²) in [7, 11) is -3.85. The van der Waals surface area contributed by atoms with Gasteiger partial charge >= 0.3 is 5.69 Å². The maximum absolute atomic E-state index is 12.0. The molecule has 9 heteroatoms. The molecule has 1 aromatic rings. The van der Waals surface area contributed by atoms with E-state index in [0.717, 1.165) is 31.0 Å². The van der Waals surface area contributed by atoms with E-state index in [0.29, 0.717) is 13.0 Å². The van der Waals surface area contributed by atoms with E-state index in [1.165, 1.54) is 0 Å². The van der Waals surface area contributed by atoms with Crippen molar-refractivity contribution in [2.45, 2.75) is 30.3 Å². The first-order valence-electron chi connectivity index (χ1n) is 6.49. The second kappa shape index (κ2) is 6.37. The highest BCUT2D eigenvalue weighted by Gasteiger charge is 2.22. The van der Waals surface area contributed by atoms with Crippen LogP contribution in [0.4, 0.5) is 5.69 Å². The summed E-state index contributed by atoms with van der Waals surface area (Å²) in [5, 5.41) is 20.0. The van der Waals surface area contributed by atoms with Crippen LogP contribution in [-0.2, 0) is 14.8 Å². The van der Waals surface area contributed by atoms with E-state index in [-0.39, 0.29) is 17.5 Å². The lowest BCUT2D eigenvalue weighted by Gasteiger charge is -2.10. The molecular formula is C12H16N2O6S. The molecule has 1 aromatic carbocycles. The Labute approximate surface area is 121 Å². The third-order valence-corrected chi connectivity index (χ3v) is 4.69. The van der Waals surface area contributed by atoms with Crippen LogP contribution < -0.4 is 4.72 Å². The Morgan fingerprint density at radius 2 is 2.24 bits per heavy atom. The largest absolute Gasteiger partial charge is 0.502 e. The zero-order valence-electron chi connectivity index (χ0n) is 11.2. The Kier molecular flexibility index (Phi) is 4.76. The van der Waals surface area contributed by atoms with Gasteiger partial charge in [-0.2, -0.15) is 0 Å². The first-order chi connectivity index (χ1) is 9.90. The van der Waals surface area contributed by atoms with Crippen molar-refractivity contribution < 1.29 is 23.2 Å². The second-order valence-corrected chi connectivity index (χ2v) is 6.50. The number of nitro benzene ring substituents is 1. The number of rotatable bonds is 6. The predicted octanol–water partition coefficient (Wildman–Crippen LogP) is 1.15. The molecule has 1 aliphatic heterocycles. The second-order valence-electron chi connectivity index (χ2n) is 4.73. The number of ether oxygens (including phenoxy) is 1. The van der Waals surface area contributed by atoms with Crippen LogP contribution >= 0.6 is 0 Å². The summed E-state index contributed by atoms with van der Waals surface area (Å²) >= 11 is 0.